The Kier molecular flexibility index (Phi) is 6.98. The molecule has 1 aromatic rings. The van der Waals surface area contributed by atoms with Crippen molar-refractivity contribution < 1.29 is 19.4 Å². The molecule has 0 fully saturated rings. The molecule has 0 aliphatic carbocycles. The average Bonchev–Trinajstić information content (AvgIpc) is 2.41. The van der Waals surface area contributed by atoms with Crippen LogP contribution in [-0.2, 0) is 11.3 Å². The van der Waals surface area contributed by atoms with Gasteiger partial charge >= 0.3 is 5.97 Å². The Hall–Kier alpha value is -1.27. The first-order chi connectivity index (χ1) is 9.88. The Labute approximate surface area is 133 Å². The third kappa shape index (κ3) is 5.21. The zero-order chi connectivity index (χ0) is 16.0. The van der Waals surface area contributed by atoms with Gasteiger partial charge in [-0.1, -0.05) is 13.8 Å². The van der Waals surface area contributed by atoms with Crippen LogP contribution < -0.4 is 14.8 Å². The molecule has 0 aliphatic rings. The number of hydrogen-bond donors (Lipinski definition) is 2. The molecule has 0 amide bonds. The van der Waals surface area contributed by atoms with E-state index in [1.54, 1.807) is 14.2 Å². The first-order valence-electron chi connectivity index (χ1n) is 6.75. The lowest BCUT2D eigenvalue weighted by Gasteiger charge is -2.17. The summed E-state index contributed by atoms with van der Waals surface area (Å²) in [6, 6.07) is 3.17. The van der Waals surface area contributed by atoms with Gasteiger partial charge in [-0.15, -0.1) is 0 Å². The summed E-state index contributed by atoms with van der Waals surface area (Å²) in [7, 11) is 3.14. The first-order valence-corrected chi connectivity index (χ1v) is 7.54. The molecular formula is C15H22BrNO4. The molecule has 1 rings (SSSR count). The maximum absolute atomic E-state index is 11.2. The third-order valence-electron chi connectivity index (χ3n) is 3.05. The van der Waals surface area contributed by atoms with E-state index < -0.39 is 12.0 Å². The molecule has 0 aromatic heterocycles. The highest BCUT2D eigenvalue weighted by molar-refractivity contribution is 9.10. The molecule has 2 N–H and O–H groups in total. The van der Waals surface area contributed by atoms with Gasteiger partial charge in [0.15, 0.2) is 11.5 Å². The Balaban J connectivity index is 2.83. The van der Waals surface area contributed by atoms with Gasteiger partial charge in [-0.25, -0.2) is 0 Å². The van der Waals surface area contributed by atoms with Gasteiger partial charge in [0, 0.05) is 6.54 Å². The van der Waals surface area contributed by atoms with Crippen molar-refractivity contribution in [3.8, 4) is 11.5 Å². The molecule has 118 valence electrons. The maximum Gasteiger partial charge on any atom is 0.320 e. The second-order valence-electron chi connectivity index (χ2n) is 5.21. The molecule has 0 aliphatic heterocycles. The van der Waals surface area contributed by atoms with Crippen LogP contribution in [0.4, 0.5) is 0 Å². The summed E-state index contributed by atoms with van der Waals surface area (Å²) in [5, 5.41) is 12.3. The van der Waals surface area contributed by atoms with Crippen LogP contribution in [0, 0.1) is 5.92 Å². The van der Waals surface area contributed by atoms with E-state index in [0.29, 0.717) is 30.4 Å². The normalized spacial score (nSPS) is 12.3. The number of aliphatic carboxylic acids is 1. The van der Waals surface area contributed by atoms with Crippen molar-refractivity contribution in [2.45, 2.75) is 32.9 Å². The van der Waals surface area contributed by atoms with E-state index in [1.165, 1.54) is 0 Å². The second kappa shape index (κ2) is 8.24. The molecule has 1 unspecified atom stereocenters. The zero-order valence-electron chi connectivity index (χ0n) is 12.8. The van der Waals surface area contributed by atoms with Gasteiger partial charge in [0.25, 0.3) is 0 Å². The molecule has 0 saturated heterocycles. The summed E-state index contributed by atoms with van der Waals surface area (Å²) < 4.78 is 11.3. The Morgan fingerprint density at radius 3 is 2.48 bits per heavy atom. The van der Waals surface area contributed by atoms with E-state index in [-0.39, 0.29) is 0 Å². The molecule has 1 atom stereocenters. The van der Waals surface area contributed by atoms with Gasteiger partial charge in [0.2, 0.25) is 0 Å². The number of carboxylic acid groups (broad SMARTS) is 1. The van der Waals surface area contributed by atoms with Crippen molar-refractivity contribution >= 4 is 21.9 Å². The van der Waals surface area contributed by atoms with Gasteiger partial charge < -0.3 is 19.9 Å². The number of halogens is 1. The summed E-state index contributed by atoms with van der Waals surface area (Å²) in [6.07, 6.45) is 0.587. The lowest BCUT2D eigenvalue weighted by atomic mass is 10.0. The number of nitrogens with one attached hydrogen (secondary N) is 1. The average molecular weight is 360 g/mol. The smallest absolute Gasteiger partial charge is 0.320 e. The van der Waals surface area contributed by atoms with Crippen LogP contribution in [-0.4, -0.2) is 31.3 Å². The minimum absolute atomic E-state index is 0.315. The van der Waals surface area contributed by atoms with Crippen LogP contribution in [0.5, 0.6) is 11.5 Å². The molecule has 6 heteroatoms. The van der Waals surface area contributed by atoms with Gasteiger partial charge in [-0.05, 0) is 46.0 Å². The van der Waals surface area contributed by atoms with Crippen LogP contribution in [0.15, 0.2) is 16.6 Å². The minimum atomic E-state index is -0.830. The molecular weight excluding hydrogens is 338 g/mol. The molecule has 0 radical (unpaired) electrons. The molecule has 1 aromatic carbocycles. The molecule has 0 saturated carbocycles. The number of carboxylic acids is 1. The Bertz CT molecular complexity index is 491. The SMILES string of the molecule is COc1cc(CNC(CC(C)C)C(=O)O)cc(Br)c1OC. The lowest BCUT2D eigenvalue weighted by molar-refractivity contribution is -0.140. The Morgan fingerprint density at radius 2 is 2.00 bits per heavy atom. The van der Waals surface area contributed by atoms with Gasteiger partial charge in [0.05, 0.1) is 18.7 Å². The van der Waals surface area contributed by atoms with E-state index in [1.807, 2.05) is 26.0 Å². The van der Waals surface area contributed by atoms with Crippen molar-refractivity contribution in [1.82, 2.24) is 5.32 Å². The fourth-order valence-electron chi connectivity index (χ4n) is 2.06. The zero-order valence-corrected chi connectivity index (χ0v) is 14.4. The summed E-state index contributed by atoms with van der Waals surface area (Å²) in [6.45, 7) is 4.46. The maximum atomic E-state index is 11.2. The molecule has 0 heterocycles. The van der Waals surface area contributed by atoms with E-state index in [0.717, 1.165) is 10.0 Å². The summed E-state index contributed by atoms with van der Waals surface area (Å²) >= 11 is 3.43. The number of methoxy groups -OCH3 is 2. The van der Waals surface area contributed by atoms with Crippen molar-refractivity contribution in [2.24, 2.45) is 5.92 Å². The molecule has 21 heavy (non-hydrogen) atoms. The quantitative estimate of drug-likeness (QED) is 0.746. The number of hydrogen-bond acceptors (Lipinski definition) is 4. The lowest BCUT2D eigenvalue weighted by Crippen LogP contribution is -2.37. The molecule has 0 bridgehead atoms. The van der Waals surface area contributed by atoms with E-state index in [2.05, 4.69) is 21.2 Å². The first kappa shape index (κ1) is 17.8. The standard InChI is InChI=1S/C15H22BrNO4/c1-9(2)5-12(15(18)19)17-8-10-6-11(16)14(21-4)13(7-10)20-3/h6-7,9,12,17H,5,8H2,1-4H3,(H,18,19). The van der Waals surface area contributed by atoms with E-state index in [4.69, 9.17) is 9.47 Å². The van der Waals surface area contributed by atoms with Crippen LogP contribution in [0.3, 0.4) is 0 Å². The summed E-state index contributed by atoms with van der Waals surface area (Å²) in [4.78, 5) is 11.2. The molecule has 0 spiro atoms. The van der Waals surface area contributed by atoms with Crippen LogP contribution >= 0.6 is 15.9 Å². The van der Waals surface area contributed by atoms with E-state index >= 15 is 0 Å². The fraction of sp³-hybridized carbons (Fsp3) is 0.533. The van der Waals surface area contributed by atoms with Crippen molar-refractivity contribution in [2.75, 3.05) is 14.2 Å². The van der Waals surface area contributed by atoms with Crippen molar-refractivity contribution in [3.63, 3.8) is 0 Å². The number of carbonyl (C=O) groups is 1. The van der Waals surface area contributed by atoms with Crippen LogP contribution in [0.25, 0.3) is 0 Å². The predicted molar refractivity (Wildman–Crippen MR) is 85.0 cm³/mol. The third-order valence-corrected chi connectivity index (χ3v) is 3.64. The van der Waals surface area contributed by atoms with Crippen LogP contribution in [0.2, 0.25) is 0 Å². The topological polar surface area (TPSA) is 67.8 Å². The predicted octanol–water partition coefficient (Wildman–Crippen LogP) is 3.06. The van der Waals surface area contributed by atoms with Crippen molar-refractivity contribution in [1.29, 1.82) is 0 Å². The van der Waals surface area contributed by atoms with E-state index in [9.17, 15) is 9.90 Å². The monoisotopic (exact) mass is 359 g/mol. The minimum Gasteiger partial charge on any atom is -0.493 e. The van der Waals surface area contributed by atoms with Crippen molar-refractivity contribution in [3.05, 3.63) is 22.2 Å². The highest BCUT2D eigenvalue weighted by Crippen LogP contribution is 2.36. The molecule has 5 nitrogen and oxygen atoms in total. The van der Waals surface area contributed by atoms with Gasteiger partial charge in [-0.3, -0.25) is 4.79 Å². The number of benzene rings is 1. The number of ether oxygens (including phenoxy) is 2. The second-order valence-corrected chi connectivity index (χ2v) is 6.07. The highest BCUT2D eigenvalue weighted by atomic mass is 79.9. The summed E-state index contributed by atoms with van der Waals surface area (Å²) in [5.74, 6) is 0.719. The van der Waals surface area contributed by atoms with Gasteiger partial charge in [-0.2, -0.15) is 0 Å². The number of rotatable bonds is 8. The summed E-state index contributed by atoms with van der Waals surface area (Å²) in [5.41, 5.74) is 0.925. The van der Waals surface area contributed by atoms with Gasteiger partial charge in [0.1, 0.15) is 6.04 Å². The fourth-order valence-corrected chi connectivity index (χ4v) is 2.71. The van der Waals surface area contributed by atoms with Crippen LogP contribution in [0.1, 0.15) is 25.8 Å². The highest BCUT2D eigenvalue weighted by Gasteiger charge is 2.18. The Morgan fingerprint density at radius 1 is 1.33 bits per heavy atom. The largest absolute Gasteiger partial charge is 0.493 e.